The lowest BCUT2D eigenvalue weighted by atomic mass is 10.1. The summed E-state index contributed by atoms with van der Waals surface area (Å²) in [5, 5.41) is 4.41. The second-order valence-corrected chi connectivity index (χ2v) is 7.26. The summed E-state index contributed by atoms with van der Waals surface area (Å²) in [5.41, 5.74) is 8.18. The van der Waals surface area contributed by atoms with Gasteiger partial charge in [-0.15, -0.1) is 5.10 Å². The van der Waals surface area contributed by atoms with E-state index in [1.165, 1.54) is 5.56 Å². The molecule has 1 atom stereocenters. The van der Waals surface area contributed by atoms with Gasteiger partial charge in [-0.2, -0.15) is 9.50 Å². The van der Waals surface area contributed by atoms with Gasteiger partial charge in [-0.3, -0.25) is 4.90 Å². The molecule has 1 saturated heterocycles. The van der Waals surface area contributed by atoms with E-state index in [1.807, 2.05) is 18.2 Å². The second kappa shape index (κ2) is 7.21. The van der Waals surface area contributed by atoms with Gasteiger partial charge >= 0.3 is 0 Å². The number of hydrogen-bond donors (Lipinski definition) is 1. The molecule has 5 rings (SSSR count). The molecule has 8 heteroatoms. The molecule has 0 bridgehead atoms. The monoisotopic (exact) mass is 389 g/mol. The van der Waals surface area contributed by atoms with Gasteiger partial charge < -0.3 is 15.1 Å². The number of hydrogen-bond acceptors (Lipinski definition) is 7. The van der Waals surface area contributed by atoms with Crippen LogP contribution < -0.4 is 10.6 Å². The van der Waals surface area contributed by atoms with Gasteiger partial charge in [-0.25, -0.2) is 4.98 Å². The molecule has 4 aromatic rings. The lowest BCUT2D eigenvalue weighted by molar-refractivity contribution is 0.198. The van der Waals surface area contributed by atoms with Crippen LogP contribution in [0.2, 0.25) is 0 Å². The summed E-state index contributed by atoms with van der Waals surface area (Å²) < 4.78 is 6.94. The third-order valence-corrected chi connectivity index (χ3v) is 5.55. The highest BCUT2D eigenvalue weighted by Crippen LogP contribution is 2.25. The van der Waals surface area contributed by atoms with Gasteiger partial charge in [0, 0.05) is 38.3 Å². The topological polar surface area (TPSA) is 88.7 Å². The number of furan rings is 1. The van der Waals surface area contributed by atoms with Crippen molar-refractivity contribution in [3.05, 3.63) is 60.4 Å². The summed E-state index contributed by atoms with van der Waals surface area (Å²) in [6, 6.07) is 16.6. The molecular weight excluding hydrogens is 366 g/mol. The van der Waals surface area contributed by atoms with E-state index in [9.17, 15) is 0 Å². The van der Waals surface area contributed by atoms with E-state index >= 15 is 0 Å². The molecule has 0 saturated carbocycles. The maximum atomic E-state index is 6.16. The smallest absolute Gasteiger partial charge is 0.225 e. The highest BCUT2D eigenvalue weighted by Gasteiger charge is 2.24. The van der Waals surface area contributed by atoms with Gasteiger partial charge in [0.1, 0.15) is 5.82 Å². The summed E-state index contributed by atoms with van der Waals surface area (Å²) in [5.74, 6) is 2.27. The van der Waals surface area contributed by atoms with E-state index < -0.39 is 0 Å². The molecule has 2 N–H and O–H groups in total. The second-order valence-electron chi connectivity index (χ2n) is 7.26. The van der Waals surface area contributed by atoms with Crippen LogP contribution in [-0.2, 0) is 0 Å². The Kier molecular flexibility index (Phi) is 4.40. The molecule has 3 aromatic heterocycles. The maximum absolute atomic E-state index is 6.16. The van der Waals surface area contributed by atoms with Gasteiger partial charge in [0.15, 0.2) is 11.4 Å². The van der Waals surface area contributed by atoms with Crippen LogP contribution in [0.15, 0.2) is 59.2 Å². The quantitative estimate of drug-likeness (QED) is 0.574. The third-order valence-electron chi connectivity index (χ3n) is 5.55. The molecule has 29 heavy (non-hydrogen) atoms. The number of rotatable bonds is 4. The number of aromatic nitrogens is 4. The van der Waals surface area contributed by atoms with E-state index in [2.05, 4.69) is 62.1 Å². The number of anilines is 2. The van der Waals surface area contributed by atoms with Crippen molar-refractivity contribution in [2.24, 2.45) is 0 Å². The van der Waals surface area contributed by atoms with Gasteiger partial charge in [-0.1, -0.05) is 30.3 Å². The normalized spacial score (nSPS) is 16.4. The van der Waals surface area contributed by atoms with Gasteiger partial charge in [0.25, 0.3) is 0 Å². The van der Waals surface area contributed by atoms with Crippen molar-refractivity contribution in [3.63, 3.8) is 0 Å². The minimum atomic E-state index is 0.322. The summed E-state index contributed by atoms with van der Waals surface area (Å²) in [6.45, 7) is 5.97. The minimum absolute atomic E-state index is 0.322. The van der Waals surface area contributed by atoms with E-state index in [0.717, 1.165) is 32.0 Å². The van der Waals surface area contributed by atoms with E-state index in [0.29, 0.717) is 29.2 Å². The molecule has 1 fully saturated rings. The van der Waals surface area contributed by atoms with Crippen LogP contribution in [-0.4, -0.2) is 50.7 Å². The Bertz CT molecular complexity index is 1100. The summed E-state index contributed by atoms with van der Waals surface area (Å²) in [7, 11) is 0. The van der Waals surface area contributed by atoms with Crippen LogP contribution in [0, 0.1) is 0 Å². The lowest BCUT2D eigenvalue weighted by Crippen LogP contribution is -2.47. The lowest BCUT2D eigenvalue weighted by Gasteiger charge is -2.38. The Labute approximate surface area is 168 Å². The molecule has 1 unspecified atom stereocenters. The van der Waals surface area contributed by atoms with Crippen molar-refractivity contribution >= 4 is 17.4 Å². The van der Waals surface area contributed by atoms with Gasteiger partial charge in [0.2, 0.25) is 11.8 Å². The molecular formula is C21H23N7O. The van der Waals surface area contributed by atoms with Gasteiger partial charge in [0.05, 0.1) is 6.26 Å². The summed E-state index contributed by atoms with van der Waals surface area (Å²) in [6.07, 6.45) is 1.60. The fourth-order valence-corrected chi connectivity index (χ4v) is 3.85. The third kappa shape index (κ3) is 3.31. The Balaban J connectivity index is 1.34. The molecule has 0 spiro atoms. The number of nitrogens with zero attached hydrogens (tertiary/aromatic N) is 6. The zero-order valence-corrected chi connectivity index (χ0v) is 16.3. The predicted molar refractivity (Wildman–Crippen MR) is 112 cm³/mol. The summed E-state index contributed by atoms with van der Waals surface area (Å²) >= 11 is 0. The highest BCUT2D eigenvalue weighted by atomic mass is 16.3. The largest absolute Gasteiger partial charge is 0.461 e. The first-order valence-electron chi connectivity index (χ1n) is 9.80. The minimum Gasteiger partial charge on any atom is -0.461 e. The molecule has 1 aliphatic rings. The van der Waals surface area contributed by atoms with Crippen LogP contribution in [0.3, 0.4) is 0 Å². The molecule has 1 aliphatic heterocycles. The van der Waals surface area contributed by atoms with Crippen LogP contribution >= 0.6 is 0 Å². The first-order valence-corrected chi connectivity index (χ1v) is 9.80. The zero-order chi connectivity index (χ0) is 19.8. The fourth-order valence-electron chi connectivity index (χ4n) is 3.85. The van der Waals surface area contributed by atoms with Crippen LogP contribution in [0.5, 0.6) is 0 Å². The van der Waals surface area contributed by atoms with Crippen molar-refractivity contribution in [2.75, 3.05) is 36.8 Å². The maximum Gasteiger partial charge on any atom is 0.225 e. The van der Waals surface area contributed by atoms with Crippen molar-refractivity contribution in [1.29, 1.82) is 0 Å². The van der Waals surface area contributed by atoms with Crippen molar-refractivity contribution < 1.29 is 4.42 Å². The number of nitrogen functional groups attached to an aromatic ring is 1. The van der Waals surface area contributed by atoms with E-state index in [4.69, 9.17) is 10.2 Å². The zero-order valence-electron chi connectivity index (χ0n) is 16.3. The Hall–Kier alpha value is -3.39. The molecule has 8 nitrogen and oxygen atoms in total. The molecule has 0 radical (unpaired) electrons. The molecule has 148 valence electrons. The van der Waals surface area contributed by atoms with Crippen molar-refractivity contribution in [2.45, 2.75) is 13.0 Å². The molecule has 4 heterocycles. The number of piperazine rings is 1. The Morgan fingerprint density at radius 1 is 1.00 bits per heavy atom. The average molecular weight is 389 g/mol. The standard InChI is InChI=1S/C21H23N7O/c1-15(16-6-3-2-4-7-16)26-9-11-27(12-10-26)18-14-19-23-20(17-8-5-13-29-17)25-28(19)21(22)24-18/h2-8,13-15H,9-12H2,1H3,(H2,22,24). The Morgan fingerprint density at radius 2 is 1.79 bits per heavy atom. The average Bonchev–Trinajstić information content (AvgIpc) is 3.44. The van der Waals surface area contributed by atoms with E-state index in [1.54, 1.807) is 10.8 Å². The Morgan fingerprint density at radius 3 is 2.52 bits per heavy atom. The van der Waals surface area contributed by atoms with Crippen molar-refractivity contribution in [3.8, 4) is 11.6 Å². The number of benzene rings is 1. The first kappa shape index (κ1) is 17.7. The molecule has 0 amide bonds. The van der Waals surface area contributed by atoms with Crippen LogP contribution in [0.25, 0.3) is 17.2 Å². The molecule has 1 aromatic carbocycles. The molecule has 0 aliphatic carbocycles. The number of fused-ring (bicyclic) bond motifs is 1. The van der Waals surface area contributed by atoms with Gasteiger partial charge in [-0.05, 0) is 24.6 Å². The predicted octanol–water partition coefficient (Wildman–Crippen LogP) is 2.85. The van der Waals surface area contributed by atoms with Crippen molar-refractivity contribution in [1.82, 2.24) is 24.5 Å². The van der Waals surface area contributed by atoms with E-state index in [-0.39, 0.29) is 0 Å². The summed E-state index contributed by atoms with van der Waals surface area (Å²) in [4.78, 5) is 13.9. The number of nitrogens with two attached hydrogens (primary N) is 1. The fraction of sp³-hybridized carbons (Fsp3) is 0.286. The highest BCUT2D eigenvalue weighted by molar-refractivity contribution is 5.59. The van der Waals surface area contributed by atoms with Crippen LogP contribution in [0.4, 0.5) is 11.8 Å². The van der Waals surface area contributed by atoms with Crippen LogP contribution in [0.1, 0.15) is 18.5 Å². The first-order chi connectivity index (χ1) is 14.2. The SMILES string of the molecule is CC(c1ccccc1)N1CCN(c2cc3nc(-c4ccco4)nn3c(N)n2)CC1.